The van der Waals surface area contributed by atoms with Crippen LogP contribution in [-0.4, -0.2) is 65.7 Å². The van der Waals surface area contributed by atoms with Gasteiger partial charge in [-0.1, -0.05) is 17.7 Å². The van der Waals surface area contributed by atoms with E-state index in [-0.39, 0.29) is 23.8 Å². The highest BCUT2D eigenvalue weighted by molar-refractivity contribution is 7.91. The first-order valence-electron chi connectivity index (χ1n) is 10.2. The Balaban J connectivity index is 1.44. The Bertz CT molecular complexity index is 1500. The molecule has 1 unspecified atom stereocenters. The van der Waals surface area contributed by atoms with E-state index < -0.39 is 27.9 Å². The minimum absolute atomic E-state index is 0.0812. The number of carbonyl (C=O) groups excluding carboxylic acids is 2. The van der Waals surface area contributed by atoms with E-state index in [0.29, 0.717) is 15.4 Å². The van der Waals surface area contributed by atoms with Crippen LogP contribution in [0, 0.1) is 0 Å². The predicted octanol–water partition coefficient (Wildman–Crippen LogP) is 3.01. The summed E-state index contributed by atoms with van der Waals surface area (Å²) in [5.74, 6) is -1.18. The molecule has 34 heavy (non-hydrogen) atoms. The first kappa shape index (κ1) is 22.8. The highest BCUT2D eigenvalue weighted by Crippen LogP contribution is 2.33. The van der Waals surface area contributed by atoms with Crippen molar-refractivity contribution in [2.24, 2.45) is 0 Å². The molecule has 1 aliphatic heterocycles. The predicted molar refractivity (Wildman–Crippen MR) is 128 cm³/mol. The zero-order valence-corrected chi connectivity index (χ0v) is 20.3. The average molecular weight is 519 g/mol. The summed E-state index contributed by atoms with van der Waals surface area (Å²) in [6.45, 7) is -0.493. The van der Waals surface area contributed by atoms with Gasteiger partial charge in [-0.3, -0.25) is 9.78 Å². The number of halogens is 1. The zero-order chi connectivity index (χ0) is 24.0. The molecule has 5 rings (SSSR count). The Kier molecular flexibility index (Phi) is 5.80. The Labute approximate surface area is 203 Å². The van der Waals surface area contributed by atoms with Crippen LogP contribution in [0.15, 0.2) is 53.0 Å². The minimum atomic E-state index is -4.02. The third-order valence-corrected chi connectivity index (χ3v) is 9.32. The van der Waals surface area contributed by atoms with Crippen LogP contribution in [-0.2, 0) is 30.9 Å². The number of nitrogens with zero attached hydrogens (tertiary/aromatic N) is 3. The molecule has 12 heteroatoms. The summed E-state index contributed by atoms with van der Waals surface area (Å²) in [5.41, 5.74) is 1.54. The molecule has 1 N–H and O–H groups in total. The van der Waals surface area contributed by atoms with E-state index in [1.54, 1.807) is 42.7 Å². The van der Waals surface area contributed by atoms with Crippen LogP contribution >= 0.6 is 22.9 Å². The molecular weight excluding hydrogens is 500 g/mol. The number of piperazine rings is 1. The number of hydrogen-bond acceptors (Lipinski definition) is 7. The normalized spacial score (nSPS) is 17.5. The number of sulfonamides is 1. The van der Waals surface area contributed by atoms with Crippen molar-refractivity contribution >= 4 is 65.8 Å². The number of rotatable bonds is 5. The van der Waals surface area contributed by atoms with Gasteiger partial charge in [0.25, 0.3) is 10.0 Å². The molecule has 0 radical (unpaired) electrons. The number of benzene rings is 1. The Hall–Kier alpha value is -2.99. The first-order valence-corrected chi connectivity index (χ1v) is 12.9. The maximum Gasteiger partial charge on any atom is 0.329 e. The summed E-state index contributed by atoms with van der Waals surface area (Å²) in [6.07, 6.45) is 3.34. The third kappa shape index (κ3) is 4.05. The summed E-state index contributed by atoms with van der Waals surface area (Å²) < 4.78 is 33.5. The number of esters is 1. The van der Waals surface area contributed by atoms with Crippen molar-refractivity contribution in [3.8, 4) is 0 Å². The van der Waals surface area contributed by atoms with E-state index in [2.05, 4.69) is 9.97 Å². The standard InChI is InChI=1S/C22H19ClN4O5S2/c1-32-22(29)18-11-26(34(30,31)21-7-13-2-3-15(23)8-19(13)33-21)12-20(28)27(18)10-16-6-14-9-24-5-4-17(14)25-16/h2-9,18,25H,10-12H2,1H3. The molecule has 1 aromatic carbocycles. The van der Waals surface area contributed by atoms with Crippen molar-refractivity contribution in [1.82, 2.24) is 19.2 Å². The molecule has 1 atom stereocenters. The van der Waals surface area contributed by atoms with Gasteiger partial charge in [0.15, 0.2) is 0 Å². The fourth-order valence-electron chi connectivity index (χ4n) is 4.03. The average Bonchev–Trinajstić information content (AvgIpc) is 3.43. The number of amides is 1. The number of ether oxygens (including phenoxy) is 1. The lowest BCUT2D eigenvalue weighted by Gasteiger charge is -2.38. The quantitative estimate of drug-likeness (QED) is 0.406. The highest BCUT2D eigenvalue weighted by Gasteiger charge is 2.43. The maximum atomic E-state index is 13.4. The van der Waals surface area contributed by atoms with Gasteiger partial charge in [0.1, 0.15) is 10.3 Å². The monoisotopic (exact) mass is 518 g/mol. The summed E-state index contributed by atoms with van der Waals surface area (Å²) in [6, 6.07) is 9.22. The van der Waals surface area contributed by atoms with Gasteiger partial charge in [-0.25, -0.2) is 13.2 Å². The van der Waals surface area contributed by atoms with E-state index in [1.807, 2.05) is 6.07 Å². The molecule has 9 nitrogen and oxygen atoms in total. The van der Waals surface area contributed by atoms with Crippen molar-refractivity contribution in [3.63, 3.8) is 0 Å². The van der Waals surface area contributed by atoms with Gasteiger partial charge >= 0.3 is 5.97 Å². The Morgan fingerprint density at radius 1 is 1.26 bits per heavy atom. The van der Waals surface area contributed by atoms with E-state index in [1.165, 1.54) is 12.0 Å². The molecule has 1 fully saturated rings. The number of H-pyrrole nitrogens is 1. The molecule has 0 saturated carbocycles. The molecule has 1 aliphatic rings. The smallest absolute Gasteiger partial charge is 0.329 e. The van der Waals surface area contributed by atoms with Gasteiger partial charge in [0, 0.05) is 45.3 Å². The molecule has 1 amide bonds. The molecule has 4 aromatic rings. The van der Waals surface area contributed by atoms with Crippen molar-refractivity contribution in [1.29, 1.82) is 0 Å². The topological polar surface area (TPSA) is 113 Å². The van der Waals surface area contributed by atoms with Gasteiger partial charge in [0.05, 0.1) is 20.2 Å². The van der Waals surface area contributed by atoms with Crippen molar-refractivity contribution < 1.29 is 22.7 Å². The van der Waals surface area contributed by atoms with Crippen LogP contribution in [0.2, 0.25) is 5.02 Å². The van der Waals surface area contributed by atoms with E-state index in [4.69, 9.17) is 16.3 Å². The number of carbonyl (C=O) groups is 2. The van der Waals surface area contributed by atoms with Crippen LogP contribution in [0.3, 0.4) is 0 Å². The van der Waals surface area contributed by atoms with Crippen molar-refractivity contribution in [2.45, 2.75) is 16.8 Å². The van der Waals surface area contributed by atoms with Crippen LogP contribution < -0.4 is 0 Å². The zero-order valence-electron chi connectivity index (χ0n) is 17.9. The van der Waals surface area contributed by atoms with E-state index in [0.717, 1.165) is 31.9 Å². The summed E-state index contributed by atoms with van der Waals surface area (Å²) in [4.78, 5) is 34.3. The van der Waals surface area contributed by atoms with Gasteiger partial charge in [-0.2, -0.15) is 4.31 Å². The second-order valence-corrected chi connectivity index (χ2v) is 11.5. The molecular formula is C22H19ClN4O5S2. The number of fused-ring (bicyclic) bond motifs is 2. The molecule has 176 valence electrons. The molecule has 1 saturated heterocycles. The SMILES string of the molecule is COC(=O)C1CN(S(=O)(=O)c2cc3ccc(Cl)cc3s2)CC(=O)N1Cc1cc2cnccc2[nH]1. The number of aromatic nitrogens is 2. The van der Waals surface area contributed by atoms with Gasteiger partial charge in [0.2, 0.25) is 5.91 Å². The molecule has 0 bridgehead atoms. The lowest BCUT2D eigenvalue weighted by atomic mass is 10.1. The summed E-state index contributed by atoms with van der Waals surface area (Å²) in [5, 5.41) is 2.10. The molecule has 3 aromatic heterocycles. The van der Waals surface area contributed by atoms with Gasteiger partial charge in [-0.05, 0) is 35.7 Å². The van der Waals surface area contributed by atoms with Crippen LogP contribution in [0.4, 0.5) is 0 Å². The Morgan fingerprint density at radius 2 is 2.09 bits per heavy atom. The number of nitrogens with one attached hydrogen (secondary N) is 1. The summed E-state index contributed by atoms with van der Waals surface area (Å²) in [7, 11) is -2.81. The van der Waals surface area contributed by atoms with Crippen molar-refractivity contribution in [2.75, 3.05) is 20.2 Å². The van der Waals surface area contributed by atoms with Crippen molar-refractivity contribution in [3.05, 3.63) is 59.5 Å². The fraction of sp³-hybridized carbons (Fsp3) is 0.227. The number of hydrogen-bond donors (Lipinski definition) is 1. The molecule has 0 aliphatic carbocycles. The van der Waals surface area contributed by atoms with Crippen LogP contribution in [0.25, 0.3) is 21.0 Å². The summed E-state index contributed by atoms with van der Waals surface area (Å²) >= 11 is 7.10. The highest BCUT2D eigenvalue weighted by atomic mass is 35.5. The van der Waals surface area contributed by atoms with Gasteiger partial charge in [-0.15, -0.1) is 11.3 Å². The number of aromatic amines is 1. The minimum Gasteiger partial charge on any atom is -0.467 e. The number of pyridine rings is 1. The second kappa shape index (κ2) is 8.66. The second-order valence-electron chi connectivity index (χ2n) is 7.86. The fourth-order valence-corrected chi connectivity index (χ4v) is 7.25. The van der Waals surface area contributed by atoms with E-state index in [9.17, 15) is 18.0 Å². The Morgan fingerprint density at radius 3 is 2.85 bits per heavy atom. The van der Waals surface area contributed by atoms with E-state index >= 15 is 0 Å². The largest absolute Gasteiger partial charge is 0.467 e. The number of methoxy groups -OCH3 is 1. The molecule has 0 spiro atoms. The lowest BCUT2D eigenvalue weighted by Crippen LogP contribution is -2.60. The van der Waals surface area contributed by atoms with Crippen LogP contribution in [0.1, 0.15) is 5.69 Å². The first-order chi connectivity index (χ1) is 16.3. The van der Waals surface area contributed by atoms with Crippen LogP contribution in [0.5, 0.6) is 0 Å². The lowest BCUT2D eigenvalue weighted by molar-refractivity contribution is -0.157. The molecule has 4 heterocycles. The number of thiophene rings is 1. The maximum absolute atomic E-state index is 13.4. The third-order valence-electron chi connectivity index (χ3n) is 5.73. The van der Waals surface area contributed by atoms with Gasteiger partial charge < -0.3 is 14.6 Å².